The molecule has 0 aliphatic heterocycles. The molecule has 2 aromatic rings. The summed E-state index contributed by atoms with van der Waals surface area (Å²) in [7, 11) is 1.69. The smallest absolute Gasteiger partial charge is 0.123 e. The molecule has 0 spiro atoms. The molecule has 0 atom stereocenters. The van der Waals surface area contributed by atoms with Crippen LogP contribution in [-0.2, 0) is 0 Å². The molecule has 0 amide bonds. The van der Waals surface area contributed by atoms with Crippen LogP contribution in [0.4, 0.5) is 0 Å². The molecule has 0 aliphatic carbocycles. The van der Waals surface area contributed by atoms with Crippen molar-refractivity contribution >= 4 is 11.3 Å². The Morgan fingerprint density at radius 2 is 2.07 bits per heavy atom. The standard InChI is InChI=1S/C12H13NOS/c1-8-6-10(4-5-11(8)14-3)12-13-7-9(2)15-12/h4-7H,1-3H3. The zero-order valence-electron chi connectivity index (χ0n) is 9.07. The molecule has 2 nitrogen and oxygen atoms in total. The van der Waals surface area contributed by atoms with Crippen molar-refractivity contribution in [3.63, 3.8) is 0 Å². The molecule has 0 radical (unpaired) electrons. The lowest BCUT2D eigenvalue weighted by Gasteiger charge is -2.05. The minimum atomic E-state index is 0.923. The molecule has 2 rings (SSSR count). The summed E-state index contributed by atoms with van der Waals surface area (Å²) in [6.07, 6.45) is 1.90. The summed E-state index contributed by atoms with van der Waals surface area (Å²) in [4.78, 5) is 5.60. The summed E-state index contributed by atoms with van der Waals surface area (Å²) in [5.41, 5.74) is 2.30. The van der Waals surface area contributed by atoms with Gasteiger partial charge in [0.2, 0.25) is 0 Å². The summed E-state index contributed by atoms with van der Waals surface area (Å²) < 4.78 is 5.22. The van der Waals surface area contributed by atoms with Gasteiger partial charge in [-0.15, -0.1) is 11.3 Å². The number of nitrogens with zero attached hydrogens (tertiary/aromatic N) is 1. The van der Waals surface area contributed by atoms with Crippen LogP contribution in [0.5, 0.6) is 5.75 Å². The minimum absolute atomic E-state index is 0.923. The highest BCUT2D eigenvalue weighted by Crippen LogP contribution is 2.28. The first-order chi connectivity index (χ1) is 7.20. The molecule has 0 unspecified atom stereocenters. The number of ether oxygens (including phenoxy) is 1. The Kier molecular flexibility index (Phi) is 2.73. The lowest BCUT2D eigenvalue weighted by Crippen LogP contribution is -1.87. The molecule has 0 N–H and O–H groups in total. The number of aryl methyl sites for hydroxylation is 2. The maximum Gasteiger partial charge on any atom is 0.123 e. The lowest BCUT2D eigenvalue weighted by atomic mass is 10.1. The number of methoxy groups -OCH3 is 1. The Morgan fingerprint density at radius 3 is 2.60 bits per heavy atom. The molecular formula is C12H13NOS. The molecule has 0 saturated heterocycles. The van der Waals surface area contributed by atoms with E-state index >= 15 is 0 Å². The second-order valence-electron chi connectivity index (χ2n) is 3.46. The maximum absolute atomic E-state index is 5.22. The van der Waals surface area contributed by atoms with Gasteiger partial charge >= 0.3 is 0 Å². The van der Waals surface area contributed by atoms with Crippen molar-refractivity contribution in [2.45, 2.75) is 13.8 Å². The van der Waals surface area contributed by atoms with E-state index in [0.717, 1.165) is 21.9 Å². The predicted molar refractivity (Wildman–Crippen MR) is 63.6 cm³/mol. The third-order valence-corrected chi connectivity index (χ3v) is 3.22. The van der Waals surface area contributed by atoms with Crippen LogP contribution < -0.4 is 4.74 Å². The van der Waals surface area contributed by atoms with Crippen molar-refractivity contribution in [2.75, 3.05) is 7.11 Å². The highest BCUT2D eigenvalue weighted by atomic mass is 32.1. The first-order valence-electron chi connectivity index (χ1n) is 4.78. The Bertz CT molecular complexity index is 476. The molecule has 1 heterocycles. The number of hydrogen-bond donors (Lipinski definition) is 0. The number of aromatic nitrogens is 1. The van der Waals surface area contributed by atoms with Gasteiger partial charge in [-0.3, -0.25) is 0 Å². The van der Waals surface area contributed by atoms with Crippen molar-refractivity contribution in [2.24, 2.45) is 0 Å². The number of benzene rings is 1. The third kappa shape index (κ3) is 2.02. The summed E-state index contributed by atoms with van der Waals surface area (Å²) in [5, 5.41) is 1.07. The van der Waals surface area contributed by atoms with Crippen molar-refractivity contribution in [1.82, 2.24) is 4.98 Å². The van der Waals surface area contributed by atoms with Crippen LogP contribution in [-0.4, -0.2) is 12.1 Å². The van der Waals surface area contributed by atoms with E-state index in [1.54, 1.807) is 18.4 Å². The van der Waals surface area contributed by atoms with Gasteiger partial charge in [-0.05, 0) is 37.6 Å². The summed E-state index contributed by atoms with van der Waals surface area (Å²) in [6.45, 7) is 4.11. The second kappa shape index (κ2) is 4.03. The topological polar surface area (TPSA) is 22.1 Å². The van der Waals surface area contributed by atoms with Crippen LogP contribution in [0.2, 0.25) is 0 Å². The fourth-order valence-corrected chi connectivity index (χ4v) is 2.26. The molecule has 0 bridgehead atoms. The van der Waals surface area contributed by atoms with Crippen LogP contribution in [0.25, 0.3) is 10.6 Å². The Morgan fingerprint density at radius 1 is 1.27 bits per heavy atom. The van der Waals surface area contributed by atoms with Crippen LogP contribution in [0, 0.1) is 13.8 Å². The molecule has 1 aromatic heterocycles. The van der Waals surface area contributed by atoms with Crippen LogP contribution in [0.1, 0.15) is 10.4 Å². The van der Waals surface area contributed by atoms with Crippen LogP contribution >= 0.6 is 11.3 Å². The van der Waals surface area contributed by atoms with Gasteiger partial charge in [-0.2, -0.15) is 0 Å². The van der Waals surface area contributed by atoms with E-state index < -0.39 is 0 Å². The molecule has 0 aliphatic rings. The van der Waals surface area contributed by atoms with Gasteiger partial charge in [0.1, 0.15) is 10.8 Å². The van der Waals surface area contributed by atoms with Gasteiger partial charge in [0.25, 0.3) is 0 Å². The van der Waals surface area contributed by atoms with Gasteiger partial charge in [0.15, 0.2) is 0 Å². The predicted octanol–water partition coefficient (Wildman–Crippen LogP) is 3.44. The van der Waals surface area contributed by atoms with E-state index in [4.69, 9.17) is 4.74 Å². The SMILES string of the molecule is COc1ccc(-c2ncc(C)s2)cc1C. The van der Waals surface area contributed by atoms with E-state index in [1.165, 1.54) is 4.88 Å². The number of thiazole rings is 1. The fourth-order valence-electron chi connectivity index (χ4n) is 1.50. The second-order valence-corrected chi connectivity index (χ2v) is 4.70. The molecule has 78 valence electrons. The average molecular weight is 219 g/mol. The first kappa shape index (κ1) is 10.2. The van der Waals surface area contributed by atoms with E-state index in [1.807, 2.05) is 25.3 Å². The molecular weight excluding hydrogens is 206 g/mol. The number of rotatable bonds is 2. The third-order valence-electron chi connectivity index (χ3n) is 2.26. The van der Waals surface area contributed by atoms with E-state index in [2.05, 4.69) is 18.0 Å². The van der Waals surface area contributed by atoms with Gasteiger partial charge < -0.3 is 4.74 Å². The molecule has 0 fully saturated rings. The normalized spacial score (nSPS) is 10.3. The van der Waals surface area contributed by atoms with Gasteiger partial charge in [-0.1, -0.05) is 0 Å². The van der Waals surface area contributed by atoms with Gasteiger partial charge in [-0.25, -0.2) is 4.98 Å². The molecule has 0 saturated carbocycles. The largest absolute Gasteiger partial charge is 0.496 e. The summed E-state index contributed by atoms with van der Waals surface area (Å²) in [5.74, 6) is 0.923. The Labute approximate surface area is 93.6 Å². The zero-order chi connectivity index (χ0) is 10.8. The lowest BCUT2D eigenvalue weighted by molar-refractivity contribution is 0.412. The van der Waals surface area contributed by atoms with Crippen molar-refractivity contribution < 1.29 is 4.74 Å². The highest BCUT2D eigenvalue weighted by Gasteiger charge is 2.05. The summed E-state index contributed by atoms with van der Waals surface area (Å²) in [6, 6.07) is 6.14. The van der Waals surface area contributed by atoms with Gasteiger partial charge in [0.05, 0.1) is 7.11 Å². The highest BCUT2D eigenvalue weighted by molar-refractivity contribution is 7.14. The van der Waals surface area contributed by atoms with Gasteiger partial charge in [0, 0.05) is 16.6 Å². The quantitative estimate of drug-likeness (QED) is 0.772. The molecule has 1 aromatic carbocycles. The zero-order valence-corrected chi connectivity index (χ0v) is 9.89. The fraction of sp³-hybridized carbons (Fsp3) is 0.250. The average Bonchev–Trinajstić information content (AvgIpc) is 2.65. The van der Waals surface area contributed by atoms with Crippen LogP contribution in [0.3, 0.4) is 0 Å². The van der Waals surface area contributed by atoms with Crippen molar-refractivity contribution in [1.29, 1.82) is 0 Å². The summed E-state index contributed by atoms with van der Waals surface area (Å²) >= 11 is 1.71. The van der Waals surface area contributed by atoms with Crippen LogP contribution in [0.15, 0.2) is 24.4 Å². The maximum atomic E-state index is 5.22. The number of hydrogen-bond acceptors (Lipinski definition) is 3. The monoisotopic (exact) mass is 219 g/mol. The van der Waals surface area contributed by atoms with Crippen molar-refractivity contribution in [3.8, 4) is 16.3 Å². The molecule has 15 heavy (non-hydrogen) atoms. The Hall–Kier alpha value is -1.35. The Balaban J connectivity index is 2.42. The first-order valence-corrected chi connectivity index (χ1v) is 5.60. The van der Waals surface area contributed by atoms with E-state index in [-0.39, 0.29) is 0 Å². The molecule has 3 heteroatoms. The van der Waals surface area contributed by atoms with Crippen molar-refractivity contribution in [3.05, 3.63) is 34.8 Å². The van der Waals surface area contributed by atoms with E-state index in [0.29, 0.717) is 0 Å². The minimum Gasteiger partial charge on any atom is -0.496 e. The van der Waals surface area contributed by atoms with E-state index in [9.17, 15) is 0 Å².